The number of nitrogens with one attached hydrogen (secondary N) is 1. The highest BCUT2D eigenvalue weighted by molar-refractivity contribution is 5.90. The minimum Gasteiger partial charge on any atom is -0.457 e. The summed E-state index contributed by atoms with van der Waals surface area (Å²) < 4.78 is 10.1. The van der Waals surface area contributed by atoms with E-state index in [2.05, 4.69) is 12.2 Å². The van der Waals surface area contributed by atoms with Gasteiger partial charge in [-0.2, -0.15) is 0 Å². The van der Waals surface area contributed by atoms with Crippen LogP contribution in [0, 0.1) is 0 Å². The van der Waals surface area contributed by atoms with Gasteiger partial charge in [-0.25, -0.2) is 4.79 Å². The molecule has 1 heterocycles. The highest BCUT2D eigenvalue weighted by Gasteiger charge is 2.23. The molecule has 0 radical (unpaired) electrons. The van der Waals surface area contributed by atoms with Gasteiger partial charge in [-0.05, 0) is 31.0 Å². The van der Waals surface area contributed by atoms with Gasteiger partial charge in [0, 0.05) is 0 Å². The second-order valence-corrected chi connectivity index (χ2v) is 5.29. The van der Waals surface area contributed by atoms with Gasteiger partial charge in [-0.3, -0.25) is 4.79 Å². The molecule has 0 aliphatic rings. The van der Waals surface area contributed by atoms with Crippen molar-refractivity contribution < 1.29 is 18.7 Å². The SMILES string of the molecule is CCCC(NC(=O)C(C)OC(=O)c1ccco1)c1ccccc1. The second-order valence-electron chi connectivity index (χ2n) is 5.29. The quantitative estimate of drug-likeness (QED) is 0.794. The topological polar surface area (TPSA) is 68.5 Å². The molecule has 23 heavy (non-hydrogen) atoms. The summed E-state index contributed by atoms with van der Waals surface area (Å²) in [6, 6.07) is 12.7. The number of hydrogen-bond acceptors (Lipinski definition) is 4. The van der Waals surface area contributed by atoms with Crippen LogP contribution in [0.4, 0.5) is 0 Å². The summed E-state index contributed by atoms with van der Waals surface area (Å²) in [4.78, 5) is 24.1. The molecule has 2 aromatic rings. The van der Waals surface area contributed by atoms with Crippen molar-refractivity contribution in [2.45, 2.75) is 38.8 Å². The summed E-state index contributed by atoms with van der Waals surface area (Å²) in [5.41, 5.74) is 1.03. The van der Waals surface area contributed by atoms with Gasteiger partial charge in [-0.15, -0.1) is 0 Å². The molecule has 0 saturated heterocycles. The van der Waals surface area contributed by atoms with Crippen LogP contribution in [0.3, 0.4) is 0 Å². The van der Waals surface area contributed by atoms with E-state index in [1.165, 1.54) is 12.3 Å². The van der Waals surface area contributed by atoms with Gasteiger partial charge in [0.1, 0.15) is 0 Å². The van der Waals surface area contributed by atoms with Gasteiger partial charge in [0.2, 0.25) is 5.76 Å². The van der Waals surface area contributed by atoms with E-state index < -0.39 is 12.1 Å². The van der Waals surface area contributed by atoms with Crippen molar-refractivity contribution >= 4 is 11.9 Å². The fourth-order valence-corrected chi connectivity index (χ4v) is 2.25. The van der Waals surface area contributed by atoms with E-state index in [9.17, 15) is 9.59 Å². The van der Waals surface area contributed by atoms with Gasteiger partial charge in [-0.1, -0.05) is 43.7 Å². The van der Waals surface area contributed by atoms with Crippen molar-refractivity contribution in [2.24, 2.45) is 0 Å². The molecular weight excluding hydrogens is 294 g/mol. The average molecular weight is 315 g/mol. The molecular formula is C18H21NO4. The van der Waals surface area contributed by atoms with Crippen LogP contribution in [-0.4, -0.2) is 18.0 Å². The lowest BCUT2D eigenvalue weighted by Gasteiger charge is -2.21. The van der Waals surface area contributed by atoms with E-state index in [4.69, 9.17) is 9.15 Å². The molecule has 0 bridgehead atoms. The van der Waals surface area contributed by atoms with E-state index >= 15 is 0 Å². The third-order valence-corrected chi connectivity index (χ3v) is 3.47. The third-order valence-electron chi connectivity index (χ3n) is 3.47. The lowest BCUT2D eigenvalue weighted by atomic mass is 10.0. The summed E-state index contributed by atoms with van der Waals surface area (Å²) in [6.07, 6.45) is 2.24. The Morgan fingerprint density at radius 2 is 1.91 bits per heavy atom. The van der Waals surface area contributed by atoms with Crippen molar-refractivity contribution in [3.63, 3.8) is 0 Å². The van der Waals surface area contributed by atoms with Crippen LogP contribution in [-0.2, 0) is 9.53 Å². The van der Waals surface area contributed by atoms with Gasteiger partial charge in [0.15, 0.2) is 6.10 Å². The Labute approximate surface area is 135 Å². The molecule has 0 saturated carbocycles. The zero-order valence-electron chi connectivity index (χ0n) is 13.3. The third kappa shape index (κ3) is 4.71. The van der Waals surface area contributed by atoms with Gasteiger partial charge >= 0.3 is 5.97 Å². The predicted octanol–water partition coefficient (Wildman–Crippen LogP) is 3.48. The molecule has 1 amide bonds. The van der Waals surface area contributed by atoms with Crippen LogP contribution in [0.2, 0.25) is 0 Å². The Hall–Kier alpha value is -2.56. The predicted molar refractivity (Wildman–Crippen MR) is 85.8 cm³/mol. The van der Waals surface area contributed by atoms with Crippen LogP contribution in [0.25, 0.3) is 0 Å². The average Bonchev–Trinajstić information content (AvgIpc) is 3.09. The van der Waals surface area contributed by atoms with E-state index in [0.29, 0.717) is 0 Å². The number of furan rings is 1. The Kier molecular flexibility index (Phi) is 5.97. The van der Waals surface area contributed by atoms with Crippen molar-refractivity contribution in [3.8, 4) is 0 Å². The number of esters is 1. The summed E-state index contributed by atoms with van der Waals surface area (Å²) in [5, 5.41) is 2.94. The highest BCUT2D eigenvalue weighted by atomic mass is 16.6. The first kappa shape index (κ1) is 16.8. The minimum atomic E-state index is -0.893. The fourth-order valence-electron chi connectivity index (χ4n) is 2.25. The Morgan fingerprint density at radius 1 is 1.17 bits per heavy atom. The first-order valence-electron chi connectivity index (χ1n) is 7.71. The first-order chi connectivity index (χ1) is 11.1. The van der Waals surface area contributed by atoms with Crippen LogP contribution in [0.15, 0.2) is 53.1 Å². The lowest BCUT2D eigenvalue weighted by Crippen LogP contribution is -2.38. The van der Waals surface area contributed by atoms with Gasteiger partial charge in [0.05, 0.1) is 12.3 Å². The summed E-state index contributed by atoms with van der Waals surface area (Å²) in [6.45, 7) is 3.60. The Morgan fingerprint density at radius 3 is 2.52 bits per heavy atom. The maximum Gasteiger partial charge on any atom is 0.374 e. The molecule has 0 aliphatic heterocycles. The largest absolute Gasteiger partial charge is 0.457 e. The molecule has 0 spiro atoms. The molecule has 1 N–H and O–H groups in total. The molecule has 0 fully saturated rings. The summed E-state index contributed by atoms with van der Waals surface area (Å²) in [7, 11) is 0. The van der Waals surface area contributed by atoms with Gasteiger partial charge in [0.25, 0.3) is 5.91 Å². The molecule has 2 atom stereocenters. The van der Waals surface area contributed by atoms with Crippen LogP contribution in [0.1, 0.15) is 48.8 Å². The number of hydrogen-bond donors (Lipinski definition) is 1. The molecule has 122 valence electrons. The fraction of sp³-hybridized carbons (Fsp3) is 0.333. The maximum absolute atomic E-state index is 12.3. The lowest BCUT2D eigenvalue weighted by molar-refractivity contribution is -0.130. The van der Waals surface area contributed by atoms with Gasteiger partial charge < -0.3 is 14.5 Å². The van der Waals surface area contributed by atoms with E-state index in [1.54, 1.807) is 13.0 Å². The summed E-state index contributed by atoms with van der Waals surface area (Å²) >= 11 is 0. The monoisotopic (exact) mass is 315 g/mol. The molecule has 2 unspecified atom stereocenters. The summed E-state index contributed by atoms with van der Waals surface area (Å²) in [5.74, 6) is -0.894. The molecule has 5 heteroatoms. The van der Waals surface area contributed by atoms with Crippen molar-refractivity contribution in [3.05, 3.63) is 60.1 Å². The molecule has 1 aromatic heterocycles. The van der Waals surface area contributed by atoms with Crippen LogP contribution < -0.4 is 5.32 Å². The second kappa shape index (κ2) is 8.17. The van der Waals surface area contributed by atoms with E-state index in [1.807, 2.05) is 30.3 Å². The first-order valence-corrected chi connectivity index (χ1v) is 7.71. The number of rotatable bonds is 7. The minimum absolute atomic E-state index is 0.0813. The number of carbonyl (C=O) groups is 2. The zero-order valence-corrected chi connectivity index (χ0v) is 13.3. The van der Waals surface area contributed by atoms with Crippen molar-refractivity contribution in [1.82, 2.24) is 5.32 Å². The smallest absolute Gasteiger partial charge is 0.374 e. The highest BCUT2D eigenvalue weighted by Crippen LogP contribution is 2.18. The van der Waals surface area contributed by atoms with Crippen LogP contribution >= 0.6 is 0 Å². The zero-order chi connectivity index (χ0) is 16.7. The van der Waals surface area contributed by atoms with Crippen LogP contribution in [0.5, 0.6) is 0 Å². The number of ether oxygens (including phenoxy) is 1. The Balaban J connectivity index is 1.96. The standard InChI is InChI=1S/C18H21NO4/c1-3-8-15(14-9-5-4-6-10-14)19-17(20)13(2)23-18(21)16-11-7-12-22-16/h4-7,9-13,15H,3,8H2,1-2H3,(H,19,20). The number of benzene rings is 1. The maximum atomic E-state index is 12.3. The van der Waals surface area contributed by atoms with Crippen molar-refractivity contribution in [1.29, 1.82) is 0 Å². The number of amides is 1. The normalized spacial score (nSPS) is 13.1. The molecule has 1 aromatic carbocycles. The Bertz CT molecular complexity index is 622. The molecule has 5 nitrogen and oxygen atoms in total. The molecule has 2 rings (SSSR count). The number of carbonyl (C=O) groups excluding carboxylic acids is 2. The van der Waals surface area contributed by atoms with E-state index in [0.717, 1.165) is 18.4 Å². The molecule has 0 aliphatic carbocycles. The van der Waals surface area contributed by atoms with Crippen molar-refractivity contribution in [2.75, 3.05) is 0 Å². The van der Waals surface area contributed by atoms with E-state index in [-0.39, 0.29) is 17.7 Å².